The lowest BCUT2D eigenvalue weighted by Crippen LogP contribution is -2.33. The molecule has 0 saturated heterocycles. The van der Waals surface area contributed by atoms with Crippen LogP contribution in [0.3, 0.4) is 0 Å². The normalized spacial score (nSPS) is 10.7. The van der Waals surface area contributed by atoms with Gasteiger partial charge in [0.2, 0.25) is 5.91 Å². The van der Waals surface area contributed by atoms with Gasteiger partial charge in [-0.05, 0) is 35.4 Å². The van der Waals surface area contributed by atoms with Crippen molar-refractivity contribution >= 4 is 29.3 Å². The number of amides is 1. The highest BCUT2D eigenvalue weighted by Crippen LogP contribution is 2.29. The smallest absolute Gasteiger partial charge is 0.233 e. The van der Waals surface area contributed by atoms with E-state index in [1.165, 1.54) is 11.8 Å². The fraction of sp³-hybridized carbons (Fsp3) is 0.136. The summed E-state index contributed by atoms with van der Waals surface area (Å²) in [6.45, 7) is 0. The standard InChI is InChI=1S/C22H20ClNOS/c1-24(21(25)16-26-20-14-12-19(23)13-15-20)22(17-8-4-2-5-9-17)18-10-6-3-7-11-18/h2-15,22H,16H2,1H3. The molecule has 3 aromatic rings. The molecular weight excluding hydrogens is 362 g/mol. The minimum absolute atomic E-state index is 0.0858. The number of hydrogen-bond acceptors (Lipinski definition) is 2. The SMILES string of the molecule is CN(C(=O)CSc1ccc(Cl)cc1)C(c1ccccc1)c1ccccc1. The molecule has 26 heavy (non-hydrogen) atoms. The Morgan fingerprint density at radius 2 is 1.38 bits per heavy atom. The molecular formula is C22H20ClNOS. The fourth-order valence-electron chi connectivity index (χ4n) is 2.83. The van der Waals surface area contributed by atoms with Gasteiger partial charge in [-0.2, -0.15) is 0 Å². The van der Waals surface area contributed by atoms with E-state index in [0.717, 1.165) is 16.0 Å². The van der Waals surface area contributed by atoms with Gasteiger partial charge in [-0.15, -0.1) is 11.8 Å². The van der Waals surface area contributed by atoms with E-state index in [-0.39, 0.29) is 11.9 Å². The van der Waals surface area contributed by atoms with E-state index in [0.29, 0.717) is 10.8 Å². The Morgan fingerprint density at radius 3 is 1.88 bits per heavy atom. The first-order chi connectivity index (χ1) is 12.6. The molecule has 0 spiro atoms. The lowest BCUT2D eigenvalue weighted by atomic mass is 9.97. The van der Waals surface area contributed by atoms with Crippen LogP contribution in [0, 0.1) is 0 Å². The van der Waals surface area contributed by atoms with Crippen LogP contribution in [0.5, 0.6) is 0 Å². The molecule has 0 radical (unpaired) electrons. The first-order valence-corrected chi connectivity index (χ1v) is 9.75. The van der Waals surface area contributed by atoms with Crippen LogP contribution in [0.4, 0.5) is 0 Å². The Hall–Kier alpha value is -2.23. The van der Waals surface area contributed by atoms with Crippen LogP contribution in [-0.4, -0.2) is 23.6 Å². The first-order valence-electron chi connectivity index (χ1n) is 8.39. The van der Waals surface area contributed by atoms with Crippen LogP contribution in [0.15, 0.2) is 89.8 Å². The number of carbonyl (C=O) groups is 1. The molecule has 0 bridgehead atoms. The third-order valence-electron chi connectivity index (χ3n) is 4.19. The lowest BCUT2D eigenvalue weighted by Gasteiger charge is -2.29. The molecule has 0 unspecified atom stereocenters. The van der Waals surface area contributed by atoms with Gasteiger partial charge in [-0.3, -0.25) is 4.79 Å². The van der Waals surface area contributed by atoms with Gasteiger partial charge >= 0.3 is 0 Å². The molecule has 3 rings (SSSR count). The molecule has 2 nitrogen and oxygen atoms in total. The lowest BCUT2D eigenvalue weighted by molar-refractivity contribution is -0.128. The summed E-state index contributed by atoms with van der Waals surface area (Å²) in [7, 11) is 1.87. The van der Waals surface area contributed by atoms with E-state index >= 15 is 0 Å². The van der Waals surface area contributed by atoms with E-state index in [4.69, 9.17) is 11.6 Å². The Kier molecular flexibility index (Phi) is 6.37. The zero-order valence-electron chi connectivity index (χ0n) is 14.5. The van der Waals surface area contributed by atoms with Crippen LogP contribution >= 0.6 is 23.4 Å². The minimum Gasteiger partial charge on any atom is -0.334 e. The molecule has 0 aliphatic rings. The maximum Gasteiger partial charge on any atom is 0.233 e. The Bertz CT molecular complexity index is 798. The molecule has 0 aromatic heterocycles. The van der Waals surface area contributed by atoms with Crippen LogP contribution in [0.25, 0.3) is 0 Å². The van der Waals surface area contributed by atoms with Crippen molar-refractivity contribution in [1.82, 2.24) is 4.90 Å². The summed E-state index contributed by atoms with van der Waals surface area (Å²) < 4.78 is 0. The number of rotatable bonds is 6. The van der Waals surface area contributed by atoms with Crippen molar-refractivity contribution in [3.8, 4) is 0 Å². The topological polar surface area (TPSA) is 20.3 Å². The molecule has 0 heterocycles. The van der Waals surface area contributed by atoms with E-state index in [9.17, 15) is 4.79 Å². The van der Waals surface area contributed by atoms with Gasteiger partial charge in [0.1, 0.15) is 0 Å². The van der Waals surface area contributed by atoms with Crippen molar-refractivity contribution in [3.63, 3.8) is 0 Å². The molecule has 0 aliphatic carbocycles. The number of benzene rings is 3. The molecule has 0 saturated carbocycles. The summed E-state index contributed by atoms with van der Waals surface area (Å²) in [5.41, 5.74) is 2.21. The molecule has 1 amide bonds. The van der Waals surface area contributed by atoms with Crippen LogP contribution < -0.4 is 0 Å². The van der Waals surface area contributed by atoms with E-state index in [1.54, 1.807) is 0 Å². The van der Waals surface area contributed by atoms with E-state index in [1.807, 2.05) is 72.6 Å². The van der Waals surface area contributed by atoms with Crippen LogP contribution in [0.1, 0.15) is 17.2 Å². The largest absolute Gasteiger partial charge is 0.334 e. The van der Waals surface area contributed by atoms with Crippen molar-refractivity contribution in [1.29, 1.82) is 0 Å². The summed E-state index contributed by atoms with van der Waals surface area (Å²) in [6.07, 6.45) is 0. The van der Waals surface area contributed by atoms with Gasteiger partial charge < -0.3 is 4.90 Å². The average Bonchev–Trinajstić information content (AvgIpc) is 2.69. The Morgan fingerprint density at radius 1 is 0.885 bits per heavy atom. The quantitative estimate of drug-likeness (QED) is 0.512. The fourth-order valence-corrected chi connectivity index (χ4v) is 3.78. The Labute approximate surface area is 163 Å². The molecule has 0 aliphatic heterocycles. The van der Waals surface area contributed by atoms with Gasteiger partial charge in [0.15, 0.2) is 0 Å². The second kappa shape index (κ2) is 8.93. The average molecular weight is 382 g/mol. The summed E-state index contributed by atoms with van der Waals surface area (Å²) in [5, 5.41) is 0.700. The number of thioether (sulfide) groups is 1. The molecule has 132 valence electrons. The van der Waals surface area contributed by atoms with E-state index < -0.39 is 0 Å². The van der Waals surface area contributed by atoms with Crippen molar-refractivity contribution in [2.75, 3.05) is 12.8 Å². The summed E-state index contributed by atoms with van der Waals surface area (Å²) in [4.78, 5) is 15.7. The zero-order chi connectivity index (χ0) is 18.4. The number of halogens is 1. The van der Waals surface area contributed by atoms with Crippen LogP contribution in [0.2, 0.25) is 5.02 Å². The van der Waals surface area contributed by atoms with Crippen LogP contribution in [-0.2, 0) is 4.79 Å². The summed E-state index contributed by atoms with van der Waals surface area (Å²) in [5.74, 6) is 0.469. The molecule has 0 atom stereocenters. The second-order valence-corrected chi connectivity index (χ2v) is 7.46. The van der Waals surface area contributed by atoms with Gasteiger partial charge in [-0.25, -0.2) is 0 Å². The third kappa shape index (κ3) is 4.69. The highest BCUT2D eigenvalue weighted by molar-refractivity contribution is 8.00. The monoisotopic (exact) mass is 381 g/mol. The number of hydrogen-bond donors (Lipinski definition) is 0. The maximum atomic E-state index is 12.9. The van der Waals surface area contributed by atoms with Gasteiger partial charge in [0.05, 0.1) is 11.8 Å². The zero-order valence-corrected chi connectivity index (χ0v) is 16.1. The third-order valence-corrected chi connectivity index (χ3v) is 5.44. The Balaban J connectivity index is 1.77. The highest BCUT2D eigenvalue weighted by atomic mass is 35.5. The predicted octanol–water partition coefficient (Wildman–Crippen LogP) is 5.68. The molecule has 0 fully saturated rings. The van der Waals surface area contributed by atoms with Crippen molar-refractivity contribution in [2.24, 2.45) is 0 Å². The number of nitrogens with zero attached hydrogens (tertiary/aromatic N) is 1. The van der Waals surface area contributed by atoms with Crippen molar-refractivity contribution in [2.45, 2.75) is 10.9 Å². The molecule has 3 aromatic carbocycles. The highest BCUT2D eigenvalue weighted by Gasteiger charge is 2.23. The van der Waals surface area contributed by atoms with E-state index in [2.05, 4.69) is 24.3 Å². The minimum atomic E-state index is -0.101. The van der Waals surface area contributed by atoms with Crippen molar-refractivity contribution < 1.29 is 4.79 Å². The maximum absolute atomic E-state index is 12.9. The van der Waals surface area contributed by atoms with Gasteiger partial charge in [0.25, 0.3) is 0 Å². The molecule has 0 N–H and O–H groups in total. The number of carbonyl (C=O) groups excluding carboxylic acids is 1. The summed E-state index contributed by atoms with van der Waals surface area (Å²) in [6, 6.07) is 27.7. The predicted molar refractivity (Wildman–Crippen MR) is 110 cm³/mol. The van der Waals surface area contributed by atoms with Crippen molar-refractivity contribution in [3.05, 3.63) is 101 Å². The molecule has 4 heteroatoms. The second-order valence-electron chi connectivity index (χ2n) is 5.97. The van der Waals surface area contributed by atoms with Gasteiger partial charge in [-0.1, -0.05) is 72.3 Å². The summed E-state index contributed by atoms with van der Waals surface area (Å²) >= 11 is 7.44. The first kappa shape index (κ1) is 18.6. The van der Waals surface area contributed by atoms with Gasteiger partial charge in [0, 0.05) is 17.0 Å².